The Labute approximate surface area is 130 Å². The summed E-state index contributed by atoms with van der Waals surface area (Å²) in [5, 5.41) is 8.08. The molecule has 0 bridgehead atoms. The van der Waals surface area contributed by atoms with Gasteiger partial charge in [-0.05, 0) is 45.0 Å². The average molecular weight is 310 g/mol. The molecule has 5 heteroatoms. The number of hydrogen-bond acceptors (Lipinski definition) is 2. The molecule has 1 aromatic carbocycles. The molecule has 1 unspecified atom stereocenters. The zero-order valence-electron chi connectivity index (χ0n) is 12.9. The third kappa shape index (κ3) is 3.27. The van der Waals surface area contributed by atoms with Crippen LogP contribution in [-0.2, 0) is 6.54 Å². The molecule has 0 radical (unpaired) electrons. The molecule has 1 N–H and O–H groups in total. The smallest absolute Gasteiger partial charge is 0.141 e. The molecule has 2 aromatic rings. The van der Waals surface area contributed by atoms with Crippen LogP contribution < -0.4 is 5.32 Å². The first-order chi connectivity index (χ1) is 9.97. The summed E-state index contributed by atoms with van der Waals surface area (Å²) in [5.74, 6) is -0.393. The number of rotatable bonds is 5. The van der Waals surface area contributed by atoms with Crippen molar-refractivity contribution in [3.63, 3.8) is 0 Å². The Hall–Kier alpha value is -1.39. The maximum absolute atomic E-state index is 13.2. The summed E-state index contributed by atoms with van der Waals surface area (Å²) in [5.41, 5.74) is 4.35. The van der Waals surface area contributed by atoms with Crippen LogP contribution >= 0.6 is 11.6 Å². The van der Waals surface area contributed by atoms with Gasteiger partial charge in [0.15, 0.2) is 0 Å². The summed E-state index contributed by atoms with van der Waals surface area (Å²) in [4.78, 5) is 0. The van der Waals surface area contributed by atoms with Crippen LogP contribution in [0.3, 0.4) is 0 Å². The van der Waals surface area contributed by atoms with Crippen molar-refractivity contribution in [2.45, 2.75) is 39.8 Å². The van der Waals surface area contributed by atoms with E-state index < -0.39 is 5.82 Å². The summed E-state index contributed by atoms with van der Waals surface area (Å²) in [6.07, 6.45) is 1.01. The lowest BCUT2D eigenvalue weighted by molar-refractivity contribution is 0.568. The van der Waals surface area contributed by atoms with Crippen molar-refractivity contribution in [2.75, 3.05) is 7.05 Å². The molecule has 0 saturated carbocycles. The maximum Gasteiger partial charge on any atom is 0.141 e. The first-order valence-electron chi connectivity index (χ1n) is 7.13. The van der Waals surface area contributed by atoms with Gasteiger partial charge in [0.05, 0.1) is 17.3 Å². The molecule has 0 aliphatic heterocycles. The fourth-order valence-electron chi connectivity index (χ4n) is 2.73. The Kier molecular flexibility index (Phi) is 5.01. The number of hydrogen-bond donors (Lipinski definition) is 1. The van der Waals surface area contributed by atoms with Gasteiger partial charge in [0.2, 0.25) is 0 Å². The summed E-state index contributed by atoms with van der Waals surface area (Å²) < 4.78 is 15.2. The van der Waals surface area contributed by atoms with Gasteiger partial charge >= 0.3 is 0 Å². The molecule has 0 spiro atoms. The van der Waals surface area contributed by atoms with E-state index in [9.17, 15) is 4.39 Å². The van der Waals surface area contributed by atoms with E-state index in [4.69, 9.17) is 11.6 Å². The van der Waals surface area contributed by atoms with Crippen LogP contribution in [0.25, 0.3) is 0 Å². The first kappa shape index (κ1) is 16.0. The number of aryl methyl sites for hydroxylation is 1. The Bertz CT molecular complexity index is 633. The number of aromatic nitrogens is 2. The monoisotopic (exact) mass is 309 g/mol. The zero-order valence-corrected chi connectivity index (χ0v) is 13.6. The molecule has 1 heterocycles. The van der Waals surface area contributed by atoms with Crippen LogP contribution in [0.2, 0.25) is 5.02 Å². The van der Waals surface area contributed by atoms with Crippen LogP contribution in [0.4, 0.5) is 4.39 Å². The SMILES string of the molecule is CCC(NC)c1c(C)nn(Cc2ccc(F)c(Cl)c2)c1C. The second-order valence-corrected chi connectivity index (χ2v) is 5.65. The minimum atomic E-state index is -0.393. The van der Waals surface area contributed by atoms with E-state index in [1.165, 1.54) is 11.6 Å². The van der Waals surface area contributed by atoms with Crippen LogP contribution in [-0.4, -0.2) is 16.8 Å². The van der Waals surface area contributed by atoms with Crippen LogP contribution in [0.15, 0.2) is 18.2 Å². The zero-order chi connectivity index (χ0) is 15.6. The van der Waals surface area contributed by atoms with Crippen molar-refractivity contribution in [3.8, 4) is 0 Å². The molecule has 21 heavy (non-hydrogen) atoms. The lowest BCUT2D eigenvalue weighted by Crippen LogP contribution is -2.17. The van der Waals surface area contributed by atoms with Gasteiger partial charge in [-0.15, -0.1) is 0 Å². The van der Waals surface area contributed by atoms with Crippen molar-refractivity contribution < 1.29 is 4.39 Å². The van der Waals surface area contributed by atoms with E-state index in [0.717, 1.165) is 23.4 Å². The van der Waals surface area contributed by atoms with Gasteiger partial charge in [-0.3, -0.25) is 4.68 Å². The molecule has 0 amide bonds. The highest BCUT2D eigenvalue weighted by Crippen LogP contribution is 2.25. The minimum Gasteiger partial charge on any atom is -0.313 e. The molecular formula is C16H21ClFN3. The Balaban J connectivity index is 2.33. The van der Waals surface area contributed by atoms with E-state index in [2.05, 4.69) is 24.3 Å². The van der Waals surface area contributed by atoms with Crippen molar-refractivity contribution in [1.29, 1.82) is 0 Å². The fraction of sp³-hybridized carbons (Fsp3) is 0.438. The highest BCUT2D eigenvalue weighted by Gasteiger charge is 2.18. The van der Waals surface area contributed by atoms with Gasteiger partial charge in [0.25, 0.3) is 0 Å². The molecule has 3 nitrogen and oxygen atoms in total. The van der Waals surface area contributed by atoms with E-state index in [1.54, 1.807) is 12.1 Å². The number of halogens is 2. The predicted octanol–water partition coefficient (Wildman–Crippen LogP) is 4.01. The first-order valence-corrected chi connectivity index (χ1v) is 7.50. The van der Waals surface area contributed by atoms with Crippen LogP contribution in [0, 0.1) is 19.7 Å². The second kappa shape index (κ2) is 6.58. The average Bonchev–Trinajstić information content (AvgIpc) is 2.72. The topological polar surface area (TPSA) is 29.9 Å². The molecule has 2 rings (SSSR count). The summed E-state index contributed by atoms with van der Waals surface area (Å²) in [7, 11) is 1.96. The third-order valence-corrected chi connectivity index (χ3v) is 4.15. The van der Waals surface area contributed by atoms with Gasteiger partial charge in [-0.25, -0.2) is 4.39 Å². The van der Waals surface area contributed by atoms with Gasteiger partial charge in [0, 0.05) is 17.3 Å². The second-order valence-electron chi connectivity index (χ2n) is 5.24. The lowest BCUT2D eigenvalue weighted by Gasteiger charge is -2.15. The number of nitrogens with one attached hydrogen (secondary N) is 1. The molecule has 0 aliphatic rings. The predicted molar refractivity (Wildman–Crippen MR) is 84.3 cm³/mol. The highest BCUT2D eigenvalue weighted by atomic mass is 35.5. The van der Waals surface area contributed by atoms with Gasteiger partial charge in [-0.2, -0.15) is 5.10 Å². The number of benzene rings is 1. The molecule has 0 fully saturated rings. The summed E-state index contributed by atoms with van der Waals surface area (Å²) in [6.45, 7) is 6.83. The highest BCUT2D eigenvalue weighted by molar-refractivity contribution is 6.30. The van der Waals surface area contributed by atoms with Gasteiger partial charge in [0.1, 0.15) is 5.82 Å². The molecule has 114 valence electrons. The van der Waals surface area contributed by atoms with Crippen molar-refractivity contribution in [1.82, 2.24) is 15.1 Å². The Morgan fingerprint density at radius 2 is 2.10 bits per heavy atom. The van der Waals surface area contributed by atoms with E-state index in [-0.39, 0.29) is 5.02 Å². The fourth-order valence-corrected chi connectivity index (χ4v) is 2.94. The summed E-state index contributed by atoms with van der Waals surface area (Å²) in [6, 6.07) is 5.09. The van der Waals surface area contributed by atoms with E-state index in [1.807, 2.05) is 18.7 Å². The van der Waals surface area contributed by atoms with Gasteiger partial charge < -0.3 is 5.32 Å². The lowest BCUT2D eigenvalue weighted by atomic mass is 10.0. The molecule has 1 atom stereocenters. The van der Waals surface area contributed by atoms with Gasteiger partial charge in [-0.1, -0.05) is 24.6 Å². The Morgan fingerprint density at radius 1 is 1.38 bits per heavy atom. The Morgan fingerprint density at radius 3 is 2.67 bits per heavy atom. The van der Waals surface area contributed by atoms with Crippen molar-refractivity contribution in [3.05, 3.63) is 51.6 Å². The molecule has 1 aromatic heterocycles. The summed E-state index contributed by atoms with van der Waals surface area (Å²) >= 11 is 5.84. The largest absolute Gasteiger partial charge is 0.313 e. The van der Waals surface area contributed by atoms with Crippen molar-refractivity contribution in [2.24, 2.45) is 0 Å². The third-order valence-electron chi connectivity index (χ3n) is 3.86. The number of nitrogens with zero attached hydrogens (tertiary/aromatic N) is 2. The molecule has 0 aliphatic carbocycles. The minimum absolute atomic E-state index is 0.149. The molecular weight excluding hydrogens is 289 g/mol. The van der Waals surface area contributed by atoms with E-state index in [0.29, 0.717) is 12.6 Å². The van der Waals surface area contributed by atoms with Crippen LogP contribution in [0.5, 0.6) is 0 Å². The van der Waals surface area contributed by atoms with Crippen LogP contribution in [0.1, 0.15) is 41.9 Å². The molecule has 0 saturated heterocycles. The van der Waals surface area contributed by atoms with Crippen molar-refractivity contribution >= 4 is 11.6 Å². The maximum atomic E-state index is 13.2. The normalized spacial score (nSPS) is 12.7. The quantitative estimate of drug-likeness (QED) is 0.904. The van der Waals surface area contributed by atoms with E-state index >= 15 is 0 Å². The standard InChI is InChI=1S/C16H21ClFN3/c1-5-15(19-4)16-10(2)20-21(11(16)3)9-12-6-7-14(18)13(17)8-12/h6-8,15,19H,5,9H2,1-4H3.